The average molecular weight is 234 g/mol. The number of nitrogens with two attached hydrogens (primary N) is 1. The Kier molecular flexibility index (Phi) is 3.57. The second kappa shape index (κ2) is 4.96. The number of hydrogen-bond acceptors (Lipinski definition) is 3. The molecule has 0 radical (unpaired) electrons. The molecule has 3 nitrogen and oxygen atoms in total. The van der Waals surface area contributed by atoms with E-state index in [9.17, 15) is 0 Å². The second-order valence-electron chi connectivity index (χ2n) is 5.18. The first-order chi connectivity index (χ1) is 8.10. The highest BCUT2D eigenvalue weighted by atomic mass is 16.5. The molecule has 1 aromatic rings. The zero-order valence-corrected chi connectivity index (χ0v) is 10.9. The number of benzene rings is 1. The first-order valence-corrected chi connectivity index (χ1v) is 6.26. The van der Waals surface area contributed by atoms with Crippen molar-refractivity contribution in [3.8, 4) is 5.75 Å². The maximum atomic E-state index is 6.05. The summed E-state index contributed by atoms with van der Waals surface area (Å²) >= 11 is 0. The van der Waals surface area contributed by atoms with Gasteiger partial charge in [-0.25, -0.2) is 0 Å². The van der Waals surface area contributed by atoms with Crippen molar-refractivity contribution < 1.29 is 4.74 Å². The highest BCUT2D eigenvalue weighted by Crippen LogP contribution is 2.27. The molecule has 1 aromatic carbocycles. The van der Waals surface area contributed by atoms with Crippen molar-refractivity contribution in [3.05, 3.63) is 23.8 Å². The van der Waals surface area contributed by atoms with Crippen LogP contribution in [0.3, 0.4) is 0 Å². The van der Waals surface area contributed by atoms with Crippen molar-refractivity contribution >= 4 is 5.69 Å². The molecule has 2 N–H and O–H groups in total. The van der Waals surface area contributed by atoms with Crippen LogP contribution in [0.15, 0.2) is 18.2 Å². The lowest BCUT2D eigenvalue weighted by atomic mass is 10.1. The van der Waals surface area contributed by atoms with Crippen molar-refractivity contribution in [2.24, 2.45) is 5.92 Å². The Bertz CT molecular complexity index is 392. The number of nitrogens with zero attached hydrogens (tertiary/aromatic N) is 1. The zero-order chi connectivity index (χ0) is 12.4. The largest absolute Gasteiger partial charge is 0.497 e. The van der Waals surface area contributed by atoms with Crippen LogP contribution in [0.2, 0.25) is 0 Å². The van der Waals surface area contributed by atoms with Crippen LogP contribution in [0.1, 0.15) is 25.8 Å². The van der Waals surface area contributed by atoms with Crippen LogP contribution >= 0.6 is 0 Å². The number of likely N-dealkylation sites (tertiary alicyclic amines) is 1. The highest BCUT2D eigenvalue weighted by Gasteiger charge is 2.26. The van der Waals surface area contributed by atoms with E-state index in [2.05, 4.69) is 24.8 Å². The monoisotopic (exact) mass is 234 g/mol. The van der Waals surface area contributed by atoms with E-state index in [4.69, 9.17) is 10.5 Å². The van der Waals surface area contributed by atoms with E-state index in [1.54, 1.807) is 7.11 Å². The zero-order valence-electron chi connectivity index (χ0n) is 10.9. The molecule has 0 saturated carbocycles. The molecule has 0 amide bonds. The molecule has 2 unspecified atom stereocenters. The number of hydrogen-bond donors (Lipinski definition) is 1. The van der Waals surface area contributed by atoms with Crippen molar-refractivity contribution in [1.82, 2.24) is 4.90 Å². The van der Waals surface area contributed by atoms with Crippen LogP contribution in [0.25, 0.3) is 0 Å². The Hall–Kier alpha value is -1.22. The normalized spacial score (nSPS) is 25.1. The molecule has 17 heavy (non-hydrogen) atoms. The van der Waals surface area contributed by atoms with Gasteiger partial charge in [0.2, 0.25) is 0 Å². The Balaban J connectivity index is 2.08. The molecule has 0 aromatic heterocycles. The first kappa shape index (κ1) is 12.2. The standard InChI is InChI=1S/C14H22N2O/c1-10-6-11(2)16(8-10)9-12-4-5-13(17-3)7-14(12)15/h4-5,7,10-11H,6,8-9,15H2,1-3H3. The van der Waals surface area contributed by atoms with Gasteiger partial charge in [0.25, 0.3) is 0 Å². The molecular weight excluding hydrogens is 212 g/mol. The Labute approximate surface area is 104 Å². The molecule has 3 heteroatoms. The molecule has 94 valence electrons. The van der Waals surface area contributed by atoms with E-state index in [1.807, 2.05) is 12.1 Å². The Morgan fingerprint density at radius 2 is 2.18 bits per heavy atom. The van der Waals surface area contributed by atoms with Gasteiger partial charge in [0.15, 0.2) is 0 Å². The van der Waals surface area contributed by atoms with Gasteiger partial charge in [0, 0.05) is 30.9 Å². The van der Waals surface area contributed by atoms with Crippen molar-refractivity contribution in [2.75, 3.05) is 19.4 Å². The predicted molar refractivity (Wildman–Crippen MR) is 71.1 cm³/mol. The molecule has 1 fully saturated rings. The number of rotatable bonds is 3. The van der Waals surface area contributed by atoms with Gasteiger partial charge < -0.3 is 10.5 Å². The van der Waals surface area contributed by atoms with Crippen LogP contribution in [-0.4, -0.2) is 24.6 Å². The van der Waals surface area contributed by atoms with E-state index in [1.165, 1.54) is 18.5 Å². The molecule has 1 aliphatic heterocycles. The molecule has 2 rings (SSSR count). The average Bonchev–Trinajstić information content (AvgIpc) is 2.60. The summed E-state index contributed by atoms with van der Waals surface area (Å²) in [5.41, 5.74) is 8.08. The predicted octanol–water partition coefficient (Wildman–Crippen LogP) is 2.51. The van der Waals surface area contributed by atoms with Crippen LogP contribution in [0.5, 0.6) is 5.75 Å². The van der Waals surface area contributed by atoms with Gasteiger partial charge in [-0.2, -0.15) is 0 Å². The maximum absolute atomic E-state index is 6.05. The SMILES string of the molecule is COc1ccc(CN2CC(C)CC2C)c(N)c1. The topological polar surface area (TPSA) is 38.5 Å². The summed E-state index contributed by atoms with van der Waals surface area (Å²) in [5, 5.41) is 0. The van der Waals surface area contributed by atoms with Gasteiger partial charge in [-0.05, 0) is 30.9 Å². The summed E-state index contributed by atoms with van der Waals surface area (Å²) in [5.74, 6) is 1.62. The third-order valence-electron chi connectivity index (χ3n) is 3.64. The van der Waals surface area contributed by atoms with Crippen LogP contribution in [0, 0.1) is 5.92 Å². The summed E-state index contributed by atoms with van der Waals surface area (Å²) in [7, 11) is 1.67. The van der Waals surface area contributed by atoms with Gasteiger partial charge in [0.1, 0.15) is 5.75 Å². The molecule has 2 atom stereocenters. The maximum Gasteiger partial charge on any atom is 0.120 e. The Morgan fingerprint density at radius 1 is 1.41 bits per heavy atom. The summed E-state index contributed by atoms with van der Waals surface area (Å²) < 4.78 is 5.16. The fourth-order valence-electron chi connectivity index (χ4n) is 2.67. The third kappa shape index (κ3) is 2.72. The lowest BCUT2D eigenvalue weighted by molar-refractivity contribution is 0.257. The smallest absolute Gasteiger partial charge is 0.120 e. The quantitative estimate of drug-likeness (QED) is 0.817. The van der Waals surface area contributed by atoms with E-state index in [0.29, 0.717) is 6.04 Å². The van der Waals surface area contributed by atoms with Gasteiger partial charge in [-0.3, -0.25) is 4.90 Å². The molecule has 1 saturated heterocycles. The fraction of sp³-hybridized carbons (Fsp3) is 0.571. The van der Waals surface area contributed by atoms with Gasteiger partial charge >= 0.3 is 0 Å². The highest BCUT2D eigenvalue weighted by molar-refractivity contribution is 5.51. The summed E-state index contributed by atoms with van der Waals surface area (Å²) in [6.07, 6.45) is 1.29. The molecule has 0 bridgehead atoms. The molecule has 0 spiro atoms. The molecular formula is C14H22N2O. The molecule has 1 heterocycles. The second-order valence-corrected chi connectivity index (χ2v) is 5.18. The summed E-state index contributed by atoms with van der Waals surface area (Å²) in [6.45, 7) is 6.73. The lowest BCUT2D eigenvalue weighted by Crippen LogP contribution is -2.26. The minimum Gasteiger partial charge on any atom is -0.497 e. The van der Waals surface area contributed by atoms with Gasteiger partial charge in [-0.1, -0.05) is 13.0 Å². The molecule has 1 aliphatic rings. The van der Waals surface area contributed by atoms with E-state index >= 15 is 0 Å². The van der Waals surface area contributed by atoms with Gasteiger partial charge in [-0.15, -0.1) is 0 Å². The van der Waals surface area contributed by atoms with Crippen molar-refractivity contribution in [2.45, 2.75) is 32.9 Å². The van der Waals surface area contributed by atoms with E-state index < -0.39 is 0 Å². The molecule has 0 aliphatic carbocycles. The van der Waals surface area contributed by atoms with E-state index in [0.717, 1.165) is 23.9 Å². The van der Waals surface area contributed by atoms with Crippen LogP contribution in [-0.2, 0) is 6.54 Å². The van der Waals surface area contributed by atoms with Crippen molar-refractivity contribution in [3.63, 3.8) is 0 Å². The summed E-state index contributed by atoms with van der Waals surface area (Å²) in [4.78, 5) is 2.50. The third-order valence-corrected chi connectivity index (χ3v) is 3.64. The number of methoxy groups -OCH3 is 1. The van der Waals surface area contributed by atoms with Crippen LogP contribution in [0.4, 0.5) is 5.69 Å². The minimum atomic E-state index is 0.659. The number of anilines is 1. The van der Waals surface area contributed by atoms with Gasteiger partial charge in [0.05, 0.1) is 7.11 Å². The number of nitrogen functional groups attached to an aromatic ring is 1. The van der Waals surface area contributed by atoms with E-state index in [-0.39, 0.29) is 0 Å². The lowest BCUT2D eigenvalue weighted by Gasteiger charge is -2.22. The number of ether oxygens (including phenoxy) is 1. The van der Waals surface area contributed by atoms with Crippen molar-refractivity contribution in [1.29, 1.82) is 0 Å². The fourth-order valence-corrected chi connectivity index (χ4v) is 2.67. The minimum absolute atomic E-state index is 0.659. The van der Waals surface area contributed by atoms with Crippen LogP contribution < -0.4 is 10.5 Å². The first-order valence-electron chi connectivity index (χ1n) is 6.26. The summed E-state index contributed by atoms with van der Waals surface area (Å²) in [6, 6.07) is 6.62. The Morgan fingerprint density at radius 3 is 2.71 bits per heavy atom.